The average molecular weight is 277 g/mol. The summed E-state index contributed by atoms with van der Waals surface area (Å²) in [6.07, 6.45) is 0.202. The fraction of sp³-hybridized carbons (Fsp3) is 0.500. The number of hydrogen-bond donors (Lipinski definition) is 1. The van der Waals surface area contributed by atoms with Crippen LogP contribution in [0.4, 0.5) is 0 Å². The molecule has 0 bridgehead atoms. The first-order valence-electron chi connectivity index (χ1n) is 4.40. The average Bonchev–Trinajstić information content (AvgIpc) is 2.32. The van der Waals surface area contributed by atoms with Gasteiger partial charge < -0.3 is 5.11 Å². The van der Waals surface area contributed by atoms with Crippen molar-refractivity contribution in [3.63, 3.8) is 0 Å². The highest BCUT2D eigenvalue weighted by molar-refractivity contribution is 9.10. The van der Waals surface area contributed by atoms with Crippen LogP contribution in [-0.2, 0) is 4.79 Å². The molecular weight excluding hydrogens is 264 g/mol. The lowest BCUT2D eigenvalue weighted by molar-refractivity contribution is -0.137. The number of halogens is 1. The minimum atomic E-state index is -0.737. The summed E-state index contributed by atoms with van der Waals surface area (Å²) in [6, 6.07) is 0. The fourth-order valence-electron chi connectivity index (χ4n) is 1.48. The summed E-state index contributed by atoms with van der Waals surface area (Å²) in [6.45, 7) is 6.03. The lowest BCUT2D eigenvalue weighted by atomic mass is 10.0. The Balaban J connectivity index is 2.95. The standard InChI is InChI=1S/C10H13BrO2S/c1-5(4-8(12)13)10-6(2)9(11)7(3)14-10/h5H,4H2,1-3H3,(H,12,13). The van der Waals surface area contributed by atoms with Crippen molar-refractivity contribution in [2.45, 2.75) is 33.1 Å². The van der Waals surface area contributed by atoms with Crippen LogP contribution in [0.25, 0.3) is 0 Å². The van der Waals surface area contributed by atoms with Crippen molar-refractivity contribution < 1.29 is 9.90 Å². The largest absolute Gasteiger partial charge is 0.481 e. The highest BCUT2D eigenvalue weighted by Gasteiger charge is 2.17. The zero-order valence-electron chi connectivity index (χ0n) is 8.43. The van der Waals surface area contributed by atoms with E-state index in [-0.39, 0.29) is 12.3 Å². The molecule has 78 valence electrons. The van der Waals surface area contributed by atoms with E-state index >= 15 is 0 Å². The molecule has 0 aromatic carbocycles. The van der Waals surface area contributed by atoms with Crippen molar-refractivity contribution in [2.24, 2.45) is 0 Å². The minimum Gasteiger partial charge on any atom is -0.481 e. The predicted octanol–water partition coefficient (Wildman–Crippen LogP) is 3.71. The molecule has 1 rings (SSSR count). The maximum absolute atomic E-state index is 10.6. The first-order chi connectivity index (χ1) is 6.43. The molecular formula is C10H13BrO2S. The Morgan fingerprint density at radius 2 is 2.14 bits per heavy atom. The van der Waals surface area contributed by atoms with Crippen molar-refractivity contribution in [3.8, 4) is 0 Å². The Bertz CT molecular complexity index is 357. The van der Waals surface area contributed by atoms with Crippen LogP contribution in [0.2, 0.25) is 0 Å². The summed E-state index contributed by atoms with van der Waals surface area (Å²) in [5.41, 5.74) is 1.18. The van der Waals surface area contributed by atoms with Crippen LogP contribution in [0.15, 0.2) is 4.47 Å². The second-order valence-electron chi connectivity index (χ2n) is 3.46. The Hall–Kier alpha value is -0.350. The first kappa shape index (κ1) is 11.7. The molecule has 0 fully saturated rings. The molecule has 0 aliphatic carbocycles. The molecule has 14 heavy (non-hydrogen) atoms. The van der Waals surface area contributed by atoms with Gasteiger partial charge in [-0.05, 0) is 35.3 Å². The van der Waals surface area contributed by atoms with Crippen LogP contribution in [-0.4, -0.2) is 11.1 Å². The van der Waals surface area contributed by atoms with Crippen molar-refractivity contribution in [1.82, 2.24) is 0 Å². The summed E-state index contributed by atoms with van der Waals surface area (Å²) >= 11 is 5.18. The molecule has 4 heteroatoms. The molecule has 0 aliphatic heterocycles. The smallest absolute Gasteiger partial charge is 0.303 e. The molecule has 0 aliphatic rings. The van der Waals surface area contributed by atoms with Gasteiger partial charge in [-0.25, -0.2) is 0 Å². The normalized spacial score (nSPS) is 12.9. The molecule has 1 unspecified atom stereocenters. The Morgan fingerprint density at radius 3 is 2.50 bits per heavy atom. The van der Waals surface area contributed by atoms with Crippen molar-refractivity contribution in [3.05, 3.63) is 19.8 Å². The molecule has 0 spiro atoms. The maximum atomic E-state index is 10.6. The molecule has 1 aromatic heterocycles. The van der Waals surface area contributed by atoms with Crippen LogP contribution in [0.5, 0.6) is 0 Å². The highest BCUT2D eigenvalue weighted by atomic mass is 79.9. The van der Waals surface area contributed by atoms with Gasteiger partial charge in [0.05, 0.1) is 6.42 Å². The van der Waals surface area contributed by atoms with Gasteiger partial charge in [0.15, 0.2) is 0 Å². The number of aliphatic carboxylic acids is 1. The third kappa shape index (κ3) is 2.36. The summed E-state index contributed by atoms with van der Waals surface area (Å²) in [7, 11) is 0. The van der Waals surface area contributed by atoms with E-state index in [1.54, 1.807) is 11.3 Å². The lowest BCUT2D eigenvalue weighted by Crippen LogP contribution is -2.02. The van der Waals surface area contributed by atoms with Gasteiger partial charge in [0.1, 0.15) is 0 Å². The molecule has 0 saturated heterocycles. The number of carboxylic acid groups (broad SMARTS) is 1. The van der Waals surface area contributed by atoms with Crippen molar-refractivity contribution in [2.75, 3.05) is 0 Å². The minimum absolute atomic E-state index is 0.0995. The third-order valence-electron chi connectivity index (χ3n) is 2.20. The topological polar surface area (TPSA) is 37.3 Å². The van der Waals surface area contributed by atoms with E-state index in [0.29, 0.717) is 0 Å². The molecule has 0 radical (unpaired) electrons. The van der Waals surface area contributed by atoms with E-state index in [2.05, 4.69) is 15.9 Å². The number of carbonyl (C=O) groups is 1. The van der Waals surface area contributed by atoms with Crippen molar-refractivity contribution >= 4 is 33.2 Å². The van der Waals surface area contributed by atoms with Gasteiger partial charge in [0.2, 0.25) is 0 Å². The van der Waals surface area contributed by atoms with E-state index in [0.717, 1.165) is 4.47 Å². The zero-order chi connectivity index (χ0) is 10.9. The lowest BCUT2D eigenvalue weighted by Gasteiger charge is -2.07. The second kappa shape index (κ2) is 4.45. The van der Waals surface area contributed by atoms with Crippen LogP contribution in [0.3, 0.4) is 0 Å². The summed E-state index contributed by atoms with van der Waals surface area (Å²) < 4.78 is 1.12. The van der Waals surface area contributed by atoms with E-state index in [1.807, 2.05) is 20.8 Å². The van der Waals surface area contributed by atoms with E-state index in [9.17, 15) is 4.79 Å². The molecule has 1 aromatic rings. The highest BCUT2D eigenvalue weighted by Crippen LogP contribution is 2.37. The number of hydrogen-bond acceptors (Lipinski definition) is 2. The van der Waals surface area contributed by atoms with Crippen LogP contribution in [0.1, 0.15) is 34.6 Å². The SMILES string of the molecule is Cc1sc(C(C)CC(=O)O)c(C)c1Br. The van der Waals surface area contributed by atoms with E-state index < -0.39 is 5.97 Å². The first-order valence-corrected chi connectivity index (χ1v) is 6.01. The van der Waals surface area contributed by atoms with Gasteiger partial charge in [-0.15, -0.1) is 11.3 Å². The van der Waals surface area contributed by atoms with Gasteiger partial charge in [-0.1, -0.05) is 6.92 Å². The fourth-order valence-corrected chi connectivity index (χ4v) is 3.18. The van der Waals surface area contributed by atoms with Crippen LogP contribution >= 0.6 is 27.3 Å². The predicted molar refractivity (Wildman–Crippen MR) is 62.2 cm³/mol. The van der Waals surface area contributed by atoms with Gasteiger partial charge in [-0.3, -0.25) is 4.79 Å². The molecule has 1 heterocycles. The Kier molecular flexibility index (Phi) is 3.72. The molecule has 2 nitrogen and oxygen atoms in total. The molecule has 1 N–H and O–H groups in total. The van der Waals surface area contributed by atoms with Gasteiger partial charge >= 0.3 is 5.97 Å². The summed E-state index contributed by atoms with van der Waals surface area (Å²) in [5.74, 6) is -0.637. The molecule has 0 amide bonds. The summed E-state index contributed by atoms with van der Waals surface area (Å²) in [4.78, 5) is 13.0. The number of aryl methyl sites for hydroxylation is 1. The van der Waals surface area contributed by atoms with Crippen LogP contribution < -0.4 is 0 Å². The molecule has 1 atom stereocenters. The number of rotatable bonds is 3. The van der Waals surface area contributed by atoms with Gasteiger partial charge in [0.25, 0.3) is 0 Å². The third-order valence-corrected chi connectivity index (χ3v) is 5.09. The molecule has 0 saturated carbocycles. The van der Waals surface area contributed by atoms with E-state index in [4.69, 9.17) is 5.11 Å². The monoisotopic (exact) mass is 276 g/mol. The van der Waals surface area contributed by atoms with Gasteiger partial charge in [0, 0.05) is 20.1 Å². The Morgan fingerprint density at radius 1 is 1.57 bits per heavy atom. The number of carboxylic acids is 1. The quantitative estimate of drug-likeness (QED) is 0.914. The zero-order valence-corrected chi connectivity index (χ0v) is 10.8. The summed E-state index contributed by atoms with van der Waals surface area (Å²) in [5, 5.41) is 8.71. The van der Waals surface area contributed by atoms with Crippen LogP contribution in [0, 0.1) is 13.8 Å². The van der Waals surface area contributed by atoms with Gasteiger partial charge in [-0.2, -0.15) is 0 Å². The van der Waals surface area contributed by atoms with Crippen molar-refractivity contribution in [1.29, 1.82) is 0 Å². The second-order valence-corrected chi connectivity index (χ2v) is 5.51. The Labute approximate surface area is 96.1 Å². The van der Waals surface area contributed by atoms with E-state index in [1.165, 1.54) is 15.3 Å². The maximum Gasteiger partial charge on any atom is 0.303 e. The number of thiophene rings is 1.